The third kappa shape index (κ3) is 3.65. The van der Waals surface area contributed by atoms with Gasteiger partial charge in [-0.05, 0) is 36.2 Å². The van der Waals surface area contributed by atoms with Gasteiger partial charge in [-0.2, -0.15) is 5.26 Å². The zero-order chi connectivity index (χ0) is 15.2. The number of hydrogen-bond donors (Lipinski definition) is 1. The molecule has 21 heavy (non-hydrogen) atoms. The van der Waals surface area contributed by atoms with E-state index in [-0.39, 0.29) is 6.04 Å². The van der Waals surface area contributed by atoms with Gasteiger partial charge in [0.15, 0.2) is 0 Å². The number of methoxy groups -OCH3 is 1. The second-order valence-corrected chi connectivity index (χ2v) is 5.15. The molecule has 1 aromatic carbocycles. The van der Waals surface area contributed by atoms with Crippen molar-refractivity contribution in [3.63, 3.8) is 0 Å². The van der Waals surface area contributed by atoms with E-state index in [1.807, 2.05) is 18.2 Å². The summed E-state index contributed by atoms with van der Waals surface area (Å²) in [5, 5.41) is 9.02. The Morgan fingerprint density at radius 1 is 1.38 bits per heavy atom. The second-order valence-electron chi connectivity index (χ2n) is 5.15. The maximum atomic E-state index is 9.02. The minimum Gasteiger partial charge on any atom is -0.495 e. The molecule has 2 N–H and O–H groups in total. The van der Waals surface area contributed by atoms with E-state index in [4.69, 9.17) is 15.7 Å². The van der Waals surface area contributed by atoms with E-state index in [2.05, 4.69) is 29.8 Å². The highest BCUT2D eigenvalue weighted by atomic mass is 16.5. The van der Waals surface area contributed by atoms with Crippen LogP contribution in [0.1, 0.15) is 30.2 Å². The fraction of sp³-hybridized carbons (Fsp3) is 0.353. The SMILES string of the molecule is CCC(N)Cc1cccn1Cc1ccc(C#N)c(OC)c1. The smallest absolute Gasteiger partial charge is 0.136 e. The average Bonchev–Trinajstić information content (AvgIpc) is 2.93. The van der Waals surface area contributed by atoms with Crippen LogP contribution >= 0.6 is 0 Å². The quantitative estimate of drug-likeness (QED) is 0.886. The fourth-order valence-electron chi connectivity index (χ4n) is 2.33. The molecule has 0 bridgehead atoms. The van der Waals surface area contributed by atoms with Crippen molar-refractivity contribution in [3.05, 3.63) is 53.3 Å². The number of nitrogens with zero attached hydrogens (tertiary/aromatic N) is 2. The van der Waals surface area contributed by atoms with Crippen LogP contribution in [0, 0.1) is 11.3 Å². The van der Waals surface area contributed by atoms with Gasteiger partial charge >= 0.3 is 0 Å². The largest absolute Gasteiger partial charge is 0.495 e. The first kappa shape index (κ1) is 15.1. The zero-order valence-electron chi connectivity index (χ0n) is 12.5. The van der Waals surface area contributed by atoms with Crippen LogP contribution in [0.2, 0.25) is 0 Å². The van der Waals surface area contributed by atoms with Gasteiger partial charge in [0.2, 0.25) is 0 Å². The van der Waals surface area contributed by atoms with Crippen molar-refractivity contribution in [1.82, 2.24) is 4.57 Å². The molecule has 1 heterocycles. The van der Waals surface area contributed by atoms with Gasteiger partial charge in [-0.15, -0.1) is 0 Å². The molecule has 1 atom stereocenters. The van der Waals surface area contributed by atoms with E-state index < -0.39 is 0 Å². The molecule has 1 aromatic heterocycles. The number of nitrogens with two attached hydrogens (primary N) is 1. The first-order chi connectivity index (χ1) is 10.2. The molecule has 4 nitrogen and oxygen atoms in total. The Kier molecular flexibility index (Phi) is 5.02. The Balaban J connectivity index is 2.19. The molecular formula is C17H21N3O. The molecule has 110 valence electrons. The highest BCUT2D eigenvalue weighted by Crippen LogP contribution is 2.20. The van der Waals surface area contributed by atoms with Crippen LogP contribution < -0.4 is 10.5 Å². The minimum atomic E-state index is 0.189. The van der Waals surface area contributed by atoms with Crippen molar-refractivity contribution in [2.24, 2.45) is 5.73 Å². The number of hydrogen-bond acceptors (Lipinski definition) is 3. The van der Waals surface area contributed by atoms with Gasteiger partial charge < -0.3 is 15.0 Å². The van der Waals surface area contributed by atoms with Crippen LogP contribution in [0.25, 0.3) is 0 Å². The Morgan fingerprint density at radius 3 is 2.86 bits per heavy atom. The van der Waals surface area contributed by atoms with Crippen LogP contribution in [-0.4, -0.2) is 17.7 Å². The Labute approximate surface area is 125 Å². The Morgan fingerprint density at radius 2 is 2.19 bits per heavy atom. The molecule has 4 heteroatoms. The molecule has 0 saturated heterocycles. The van der Waals surface area contributed by atoms with E-state index in [1.165, 1.54) is 5.69 Å². The summed E-state index contributed by atoms with van der Waals surface area (Å²) in [4.78, 5) is 0. The number of rotatable bonds is 6. The lowest BCUT2D eigenvalue weighted by Crippen LogP contribution is -2.23. The lowest BCUT2D eigenvalue weighted by molar-refractivity contribution is 0.412. The average molecular weight is 283 g/mol. The van der Waals surface area contributed by atoms with Crippen molar-refractivity contribution in [1.29, 1.82) is 5.26 Å². The van der Waals surface area contributed by atoms with Crippen LogP contribution in [-0.2, 0) is 13.0 Å². The van der Waals surface area contributed by atoms with Gasteiger partial charge in [0, 0.05) is 30.9 Å². The molecule has 0 fully saturated rings. The summed E-state index contributed by atoms with van der Waals surface area (Å²) in [5.41, 5.74) is 8.93. The summed E-state index contributed by atoms with van der Waals surface area (Å²) < 4.78 is 7.45. The summed E-state index contributed by atoms with van der Waals surface area (Å²) in [6, 6.07) is 12.1. The van der Waals surface area contributed by atoms with Gasteiger partial charge in [0.1, 0.15) is 11.8 Å². The van der Waals surface area contributed by atoms with Crippen LogP contribution in [0.4, 0.5) is 0 Å². The molecule has 2 aromatic rings. The summed E-state index contributed by atoms with van der Waals surface area (Å²) in [5.74, 6) is 0.619. The highest BCUT2D eigenvalue weighted by Gasteiger charge is 2.08. The lowest BCUT2D eigenvalue weighted by atomic mass is 10.1. The Bertz CT molecular complexity index is 640. The van der Waals surface area contributed by atoms with E-state index in [0.29, 0.717) is 11.3 Å². The highest BCUT2D eigenvalue weighted by molar-refractivity contribution is 5.45. The summed E-state index contributed by atoms with van der Waals surface area (Å²) >= 11 is 0. The molecule has 0 radical (unpaired) electrons. The lowest BCUT2D eigenvalue weighted by Gasteiger charge is -2.13. The molecule has 0 aliphatic rings. The van der Waals surface area contributed by atoms with Gasteiger partial charge in [-0.3, -0.25) is 0 Å². The zero-order valence-corrected chi connectivity index (χ0v) is 12.5. The molecule has 0 spiro atoms. The summed E-state index contributed by atoms with van der Waals surface area (Å²) in [6.07, 6.45) is 3.90. The maximum Gasteiger partial charge on any atom is 0.136 e. The summed E-state index contributed by atoms with van der Waals surface area (Å²) in [7, 11) is 1.58. The van der Waals surface area contributed by atoms with Crippen molar-refractivity contribution >= 4 is 0 Å². The van der Waals surface area contributed by atoms with Crippen molar-refractivity contribution in [2.75, 3.05) is 7.11 Å². The van der Waals surface area contributed by atoms with E-state index in [0.717, 1.165) is 24.9 Å². The van der Waals surface area contributed by atoms with Gasteiger partial charge in [0.25, 0.3) is 0 Å². The first-order valence-corrected chi connectivity index (χ1v) is 7.14. The predicted octanol–water partition coefficient (Wildman–Crippen LogP) is 2.70. The van der Waals surface area contributed by atoms with Crippen LogP contribution in [0.15, 0.2) is 36.5 Å². The molecule has 0 saturated carbocycles. The number of nitriles is 1. The molecule has 2 rings (SSSR count). The normalized spacial score (nSPS) is 11.9. The fourth-order valence-corrected chi connectivity index (χ4v) is 2.33. The topological polar surface area (TPSA) is 64.0 Å². The maximum absolute atomic E-state index is 9.02. The monoisotopic (exact) mass is 283 g/mol. The van der Waals surface area contributed by atoms with Crippen LogP contribution in [0.3, 0.4) is 0 Å². The second kappa shape index (κ2) is 6.96. The number of aromatic nitrogens is 1. The number of benzene rings is 1. The van der Waals surface area contributed by atoms with Crippen molar-refractivity contribution < 1.29 is 4.74 Å². The van der Waals surface area contributed by atoms with Crippen LogP contribution in [0.5, 0.6) is 5.75 Å². The molecule has 0 aliphatic heterocycles. The standard InChI is InChI=1S/C17H21N3O/c1-3-15(19)10-16-5-4-8-20(16)12-13-6-7-14(11-18)17(9-13)21-2/h4-9,15H,3,10,12,19H2,1-2H3. The molecule has 0 aliphatic carbocycles. The minimum absolute atomic E-state index is 0.189. The van der Waals surface area contributed by atoms with E-state index >= 15 is 0 Å². The van der Waals surface area contributed by atoms with E-state index in [9.17, 15) is 0 Å². The third-order valence-electron chi connectivity index (χ3n) is 3.66. The molecular weight excluding hydrogens is 262 g/mol. The van der Waals surface area contributed by atoms with E-state index in [1.54, 1.807) is 13.2 Å². The summed E-state index contributed by atoms with van der Waals surface area (Å²) in [6.45, 7) is 2.85. The molecule has 1 unspecified atom stereocenters. The number of ether oxygens (including phenoxy) is 1. The van der Waals surface area contributed by atoms with Gasteiger partial charge in [-0.25, -0.2) is 0 Å². The first-order valence-electron chi connectivity index (χ1n) is 7.14. The predicted molar refractivity (Wildman–Crippen MR) is 83.2 cm³/mol. The third-order valence-corrected chi connectivity index (χ3v) is 3.66. The van der Waals surface area contributed by atoms with Crippen molar-refractivity contribution in [2.45, 2.75) is 32.4 Å². The molecule has 0 amide bonds. The van der Waals surface area contributed by atoms with Gasteiger partial charge in [0.05, 0.1) is 12.7 Å². The van der Waals surface area contributed by atoms with Crippen molar-refractivity contribution in [3.8, 4) is 11.8 Å². The van der Waals surface area contributed by atoms with Gasteiger partial charge in [-0.1, -0.05) is 13.0 Å². The Hall–Kier alpha value is -2.25.